The topological polar surface area (TPSA) is 98.9 Å². The molecule has 3 aromatic rings. The lowest BCUT2D eigenvalue weighted by Crippen LogP contribution is -2.40. The molecule has 29 heavy (non-hydrogen) atoms. The molecular weight excluding hydrogens is 416 g/mol. The van der Waals surface area contributed by atoms with Crippen molar-refractivity contribution in [3.05, 3.63) is 59.1 Å². The third-order valence-corrected chi connectivity index (χ3v) is 7.17. The Hall–Kier alpha value is -2.53. The van der Waals surface area contributed by atoms with E-state index in [-0.39, 0.29) is 17.1 Å². The number of carbonyl (C=O) groups is 1. The number of ether oxygens (including phenoxy) is 2. The van der Waals surface area contributed by atoms with E-state index in [1.165, 1.54) is 39.9 Å². The normalized spacial score (nSPS) is 15.3. The Balaban J connectivity index is 1.38. The van der Waals surface area contributed by atoms with Crippen LogP contribution in [0, 0.1) is 0 Å². The van der Waals surface area contributed by atoms with Crippen LogP contribution >= 0.6 is 11.3 Å². The second-order valence-corrected chi connectivity index (χ2v) is 9.16. The summed E-state index contributed by atoms with van der Waals surface area (Å²) in [4.78, 5) is 13.3. The highest BCUT2D eigenvalue weighted by Crippen LogP contribution is 2.25. The maximum atomic E-state index is 12.6. The number of aromatic nitrogens is 1. The van der Waals surface area contributed by atoms with Gasteiger partial charge in [0.15, 0.2) is 5.76 Å². The maximum absolute atomic E-state index is 12.6. The number of thiophene rings is 1. The molecule has 1 aliphatic rings. The van der Waals surface area contributed by atoms with Crippen LogP contribution < -0.4 is 0 Å². The Morgan fingerprint density at radius 2 is 1.93 bits per heavy atom. The van der Waals surface area contributed by atoms with E-state index in [0.29, 0.717) is 37.8 Å². The first-order chi connectivity index (χ1) is 14.0. The van der Waals surface area contributed by atoms with Crippen molar-refractivity contribution in [1.29, 1.82) is 0 Å². The minimum Gasteiger partial charge on any atom is -0.455 e. The van der Waals surface area contributed by atoms with Crippen molar-refractivity contribution in [2.24, 2.45) is 0 Å². The minimum atomic E-state index is -3.60. The Morgan fingerprint density at radius 1 is 1.17 bits per heavy atom. The van der Waals surface area contributed by atoms with Crippen molar-refractivity contribution in [2.45, 2.75) is 11.5 Å². The van der Waals surface area contributed by atoms with Crippen LogP contribution in [-0.4, -0.2) is 50.2 Å². The zero-order valence-corrected chi connectivity index (χ0v) is 16.9. The smallest absolute Gasteiger partial charge is 0.338 e. The standard InChI is InChI=1S/C19H18N2O6S2/c22-19(26-13-15-12-17(27-20-15)18-2-1-11-28-18)14-3-5-16(6-4-14)29(23,24)21-7-9-25-10-8-21/h1-6,11-12H,7-10,13H2. The SMILES string of the molecule is O=C(OCc1cc(-c2cccs2)on1)c1ccc(S(=O)(=O)N2CCOCC2)cc1. The van der Waals surface area contributed by atoms with E-state index >= 15 is 0 Å². The minimum absolute atomic E-state index is 0.0401. The van der Waals surface area contributed by atoms with Crippen molar-refractivity contribution in [3.63, 3.8) is 0 Å². The van der Waals surface area contributed by atoms with E-state index in [9.17, 15) is 13.2 Å². The molecule has 0 spiro atoms. The number of morpholine rings is 1. The van der Waals surface area contributed by atoms with Gasteiger partial charge in [-0.25, -0.2) is 13.2 Å². The molecular formula is C19H18N2O6S2. The van der Waals surface area contributed by atoms with Gasteiger partial charge >= 0.3 is 5.97 Å². The van der Waals surface area contributed by atoms with E-state index in [1.807, 2.05) is 17.5 Å². The summed E-state index contributed by atoms with van der Waals surface area (Å²) in [7, 11) is -3.60. The van der Waals surface area contributed by atoms with E-state index in [2.05, 4.69) is 5.16 Å². The Labute approximate surface area is 171 Å². The van der Waals surface area contributed by atoms with Crippen molar-refractivity contribution in [2.75, 3.05) is 26.3 Å². The summed E-state index contributed by atoms with van der Waals surface area (Å²) < 4.78 is 42.3. The first kappa shape index (κ1) is 19.8. The van der Waals surface area contributed by atoms with Gasteiger partial charge in [0.05, 0.1) is 28.5 Å². The molecule has 4 rings (SSSR count). The number of sulfonamides is 1. The molecule has 0 aliphatic carbocycles. The number of nitrogens with zero attached hydrogens (tertiary/aromatic N) is 2. The van der Waals surface area contributed by atoms with Gasteiger partial charge in [0.1, 0.15) is 12.3 Å². The quantitative estimate of drug-likeness (QED) is 0.550. The molecule has 1 aliphatic heterocycles. The van der Waals surface area contributed by atoms with Crippen LogP contribution in [0.2, 0.25) is 0 Å². The second kappa shape index (κ2) is 8.46. The number of benzene rings is 1. The molecule has 2 aromatic heterocycles. The zero-order chi connectivity index (χ0) is 20.3. The zero-order valence-electron chi connectivity index (χ0n) is 15.3. The van der Waals surface area contributed by atoms with E-state index in [0.717, 1.165) is 4.88 Å². The van der Waals surface area contributed by atoms with Crippen LogP contribution in [0.25, 0.3) is 10.6 Å². The molecule has 1 saturated heterocycles. The van der Waals surface area contributed by atoms with Gasteiger partial charge < -0.3 is 14.0 Å². The number of hydrogen-bond donors (Lipinski definition) is 0. The van der Waals surface area contributed by atoms with E-state index < -0.39 is 16.0 Å². The third-order valence-electron chi connectivity index (χ3n) is 4.37. The molecule has 10 heteroatoms. The Bertz CT molecular complexity index is 1070. The van der Waals surface area contributed by atoms with Crippen molar-refractivity contribution < 1.29 is 27.2 Å². The monoisotopic (exact) mass is 434 g/mol. The van der Waals surface area contributed by atoms with Gasteiger partial charge in [0.2, 0.25) is 10.0 Å². The van der Waals surface area contributed by atoms with Gasteiger partial charge in [-0.15, -0.1) is 11.3 Å². The highest BCUT2D eigenvalue weighted by atomic mass is 32.2. The third kappa shape index (κ3) is 4.40. The Morgan fingerprint density at radius 3 is 2.62 bits per heavy atom. The van der Waals surface area contributed by atoms with Crippen LogP contribution in [0.4, 0.5) is 0 Å². The van der Waals surface area contributed by atoms with Crippen LogP contribution in [-0.2, 0) is 26.1 Å². The molecule has 0 atom stereocenters. The molecule has 152 valence electrons. The number of carbonyl (C=O) groups excluding carboxylic acids is 1. The number of esters is 1. The number of hydrogen-bond acceptors (Lipinski definition) is 8. The second-order valence-electron chi connectivity index (χ2n) is 6.28. The lowest BCUT2D eigenvalue weighted by atomic mass is 10.2. The van der Waals surface area contributed by atoms with Crippen molar-refractivity contribution in [1.82, 2.24) is 9.46 Å². The summed E-state index contributed by atoms with van der Waals surface area (Å²) in [6.45, 7) is 1.34. The highest BCUT2D eigenvalue weighted by molar-refractivity contribution is 7.89. The maximum Gasteiger partial charge on any atom is 0.338 e. The summed E-state index contributed by atoms with van der Waals surface area (Å²) in [6.07, 6.45) is 0. The van der Waals surface area contributed by atoms with E-state index in [4.69, 9.17) is 14.0 Å². The van der Waals surface area contributed by atoms with Gasteiger partial charge in [-0.3, -0.25) is 0 Å². The fourth-order valence-corrected chi connectivity index (χ4v) is 4.92. The molecule has 3 heterocycles. The molecule has 0 N–H and O–H groups in total. The van der Waals surface area contributed by atoms with Crippen LogP contribution in [0.1, 0.15) is 16.1 Å². The number of rotatable bonds is 6. The average molecular weight is 434 g/mol. The summed E-state index contributed by atoms with van der Waals surface area (Å²) in [5.74, 6) is 0.0460. The largest absolute Gasteiger partial charge is 0.455 e. The fourth-order valence-electron chi connectivity index (χ4n) is 2.84. The van der Waals surface area contributed by atoms with Crippen LogP contribution in [0.3, 0.4) is 0 Å². The van der Waals surface area contributed by atoms with Crippen LogP contribution in [0.5, 0.6) is 0 Å². The molecule has 0 amide bonds. The molecule has 0 saturated carbocycles. The van der Waals surface area contributed by atoms with E-state index in [1.54, 1.807) is 6.07 Å². The molecule has 1 fully saturated rings. The van der Waals surface area contributed by atoms with Crippen molar-refractivity contribution >= 4 is 27.3 Å². The predicted octanol–water partition coefficient (Wildman–Crippen LogP) is 2.78. The van der Waals surface area contributed by atoms with Crippen LogP contribution in [0.15, 0.2) is 57.3 Å². The highest BCUT2D eigenvalue weighted by Gasteiger charge is 2.26. The van der Waals surface area contributed by atoms with Gasteiger partial charge in [-0.2, -0.15) is 4.31 Å². The van der Waals surface area contributed by atoms with Gasteiger partial charge in [-0.1, -0.05) is 11.2 Å². The Kier molecular flexibility index (Phi) is 5.76. The fraction of sp³-hybridized carbons (Fsp3) is 0.263. The van der Waals surface area contributed by atoms with Crippen molar-refractivity contribution in [3.8, 4) is 10.6 Å². The summed E-state index contributed by atoms with van der Waals surface area (Å²) in [5.41, 5.74) is 0.751. The molecule has 8 nitrogen and oxygen atoms in total. The molecule has 0 unspecified atom stereocenters. The first-order valence-electron chi connectivity index (χ1n) is 8.88. The van der Waals surface area contributed by atoms with Gasteiger partial charge in [0.25, 0.3) is 0 Å². The first-order valence-corrected chi connectivity index (χ1v) is 11.2. The summed E-state index contributed by atoms with van der Waals surface area (Å²) in [5, 5.41) is 5.83. The lowest BCUT2D eigenvalue weighted by Gasteiger charge is -2.26. The summed E-state index contributed by atoms with van der Waals surface area (Å²) in [6, 6.07) is 11.2. The predicted molar refractivity (Wildman–Crippen MR) is 105 cm³/mol. The lowest BCUT2D eigenvalue weighted by molar-refractivity contribution is 0.0464. The molecule has 0 bridgehead atoms. The average Bonchev–Trinajstić information content (AvgIpc) is 3.44. The van der Waals surface area contributed by atoms with Gasteiger partial charge in [-0.05, 0) is 35.7 Å². The van der Waals surface area contributed by atoms with Gasteiger partial charge in [0, 0.05) is 19.2 Å². The molecule has 0 radical (unpaired) electrons. The summed E-state index contributed by atoms with van der Waals surface area (Å²) >= 11 is 1.52. The molecule has 1 aromatic carbocycles.